The van der Waals surface area contributed by atoms with Crippen LogP contribution in [0.25, 0.3) is 10.9 Å². The Labute approximate surface area is 178 Å². The number of aryl methyl sites for hydroxylation is 1. The summed E-state index contributed by atoms with van der Waals surface area (Å²) in [6, 6.07) is 17.3. The van der Waals surface area contributed by atoms with Gasteiger partial charge >= 0.3 is 0 Å². The lowest BCUT2D eigenvalue weighted by molar-refractivity contribution is 0.0601. The topological polar surface area (TPSA) is 25.2 Å². The minimum atomic E-state index is 0.188. The lowest BCUT2D eigenvalue weighted by Gasteiger charge is -2.40. The second-order valence-electron chi connectivity index (χ2n) is 9.40. The molecule has 1 atom stereocenters. The summed E-state index contributed by atoms with van der Waals surface area (Å²) in [4.78, 5) is 15.5. The standard InChI is InChI=1S/C27H30N2O/c30-27(20-10-5-2-6-11-20)29-17-16-28-24-15-14-21(19-8-3-1-4-9-19)18-23(24)22-12-7-13-25(29)26(22)28/h2,5-6,10-11,14-15,18-19,25H,1,3-4,7-9,12-13,16-17H2. The van der Waals surface area contributed by atoms with E-state index in [-0.39, 0.29) is 11.9 Å². The molecule has 3 heteroatoms. The van der Waals surface area contributed by atoms with Crippen LogP contribution in [0.5, 0.6) is 0 Å². The molecule has 2 heterocycles. The summed E-state index contributed by atoms with van der Waals surface area (Å²) >= 11 is 0. The van der Waals surface area contributed by atoms with Crippen LogP contribution in [0.15, 0.2) is 48.5 Å². The summed E-state index contributed by atoms with van der Waals surface area (Å²) in [7, 11) is 0. The predicted octanol–water partition coefficient (Wildman–Crippen LogP) is 6.22. The molecule has 6 rings (SSSR count). The van der Waals surface area contributed by atoms with E-state index in [9.17, 15) is 4.79 Å². The maximum Gasteiger partial charge on any atom is 0.254 e. The number of carbonyl (C=O) groups excluding carboxylic acids is 1. The zero-order valence-corrected chi connectivity index (χ0v) is 17.6. The summed E-state index contributed by atoms with van der Waals surface area (Å²) in [5.74, 6) is 0.927. The van der Waals surface area contributed by atoms with E-state index in [1.807, 2.05) is 30.3 Å². The number of benzene rings is 2. The molecule has 3 aliphatic rings. The number of rotatable bonds is 2. The van der Waals surface area contributed by atoms with Gasteiger partial charge in [-0.3, -0.25) is 4.79 Å². The van der Waals surface area contributed by atoms with Gasteiger partial charge in [0.05, 0.1) is 6.04 Å². The highest BCUT2D eigenvalue weighted by Crippen LogP contribution is 2.44. The highest BCUT2D eigenvalue weighted by molar-refractivity contribution is 5.95. The molecule has 0 bridgehead atoms. The van der Waals surface area contributed by atoms with Gasteiger partial charge in [0.2, 0.25) is 0 Å². The van der Waals surface area contributed by atoms with Crippen molar-refractivity contribution < 1.29 is 4.79 Å². The molecule has 0 saturated heterocycles. The van der Waals surface area contributed by atoms with Crippen LogP contribution in [0.2, 0.25) is 0 Å². The number of fused-ring (bicyclic) bond motifs is 3. The molecule has 1 unspecified atom stereocenters. The van der Waals surface area contributed by atoms with Gasteiger partial charge in [-0.05, 0) is 73.4 Å². The molecule has 0 radical (unpaired) electrons. The van der Waals surface area contributed by atoms with Crippen molar-refractivity contribution in [3.63, 3.8) is 0 Å². The molecule has 1 aromatic heterocycles. The summed E-state index contributed by atoms with van der Waals surface area (Å²) < 4.78 is 2.54. The third kappa shape index (κ3) is 2.82. The summed E-state index contributed by atoms with van der Waals surface area (Å²) in [5, 5.41) is 1.46. The zero-order valence-electron chi connectivity index (χ0n) is 17.6. The molecule has 1 fully saturated rings. The molecular weight excluding hydrogens is 368 g/mol. The third-order valence-electron chi connectivity index (χ3n) is 7.76. The average molecular weight is 399 g/mol. The van der Waals surface area contributed by atoms with Crippen LogP contribution in [0, 0.1) is 0 Å². The second-order valence-corrected chi connectivity index (χ2v) is 9.40. The van der Waals surface area contributed by atoms with Crippen molar-refractivity contribution in [2.45, 2.75) is 69.9 Å². The van der Waals surface area contributed by atoms with E-state index in [1.165, 1.54) is 60.7 Å². The van der Waals surface area contributed by atoms with Gasteiger partial charge in [0.1, 0.15) is 0 Å². The SMILES string of the molecule is O=C(c1ccccc1)N1CCn2c3c(c4cc(C5CCCCC5)ccc42)CCCC31. The van der Waals surface area contributed by atoms with Crippen LogP contribution in [0.3, 0.4) is 0 Å². The fourth-order valence-electron chi connectivity index (χ4n) is 6.30. The van der Waals surface area contributed by atoms with Crippen LogP contribution >= 0.6 is 0 Å². The van der Waals surface area contributed by atoms with Crippen molar-refractivity contribution in [2.75, 3.05) is 6.54 Å². The normalized spacial score (nSPS) is 21.6. The monoisotopic (exact) mass is 398 g/mol. The number of amides is 1. The van der Waals surface area contributed by atoms with Gasteiger partial charge in [-0.25, -0.2) is 0 Å². The fraction of sp³-hybridized carbons (Fsp3) is 0.444. The highest BCUT2D eigenvalue weighted by atomic mass is 16.2. The Morgan fingerprint density at radius 3 is 2.53 bits per heavy atom. The molecule has 2 aromatic carbocycles. The van der Waals surface area contributed by atoms with E-state index in [0.717, 1.165) is 37.4 Å². The molecule has 0 spiro atoms. The van der Waals surface area contributed by atoms with Gasteiger partial charge in [-0.15, -0.1) is 0 Å². The predicted molar refractivity (Wildman–Crippen MR) is 121 cm³/mol. The molecule has 0 N–H and O–H groups in total. The smallest absolute Gasteiger partial charge is 0.254 e. The van der Waals surface area contributed by atoms with E-state index >= 15 is 0 Å². The Balaban J connectivity index is 1.42. The van der Waals surface area contributed by atoms with E-state index in [1.54, 1.807) is 5.56 Å². The Hall–Kier alpha value is -2.55. The van der Waals surface area contributed by atoms with E-state index in [0.29, 0.717) is 0 Å². The number of nitrogens with zero attached hydrogens (tertiary/aromatic N) is 2. The summed E-state index contributed by atoms with van der Waals surface area (Å²) in [5.41, 5.74) is 6.69. The largest absolute Gasteiger partial charge is 0.341 e. The average Bonchev–Trinajstić information content (AvgIpc) is 3.15. The summed E-state index contributed by atoms with van der Waals surface area (Å²) in [6.45, 7) is 1.71. The Morgan fingerprint density at radius 2 is 1.70 bits per heavy atom. The molecule has 1 amide bonds. The van der Waals surface area contributed by atoms with Crippen molar-refractivity contribution in [2.24, 2.45) is 0 Å². The molecular formula is C27H30N2O. The minimum absolute atomic E-state index is 0.188. The molecule has 3 aromatic rings. The molecule has 30 heavy (non-hydrogen) atoms. The molecule has 1 saturated carbocycles. The van der Waals surface area contributed by atoms with Crippen LogP contribution < -0.4 is 0 Å². The molecule has 2 aliphatic carbocycles. The maximum atomic E-state index is 13.3. The first-order valence-electron chi connectivity index (χ1n) is 11.8. The van der Waals surface area contributed by atoms with Gasteiger partial charge in [0.25, 0.3) is 5.91 Å². The molecule has 1 aliphatic heterocycles. The van der Waals surface area contributed by atoms with E-state index in [4.69, 9.17) is 0 Å². The minimum Gasteiger partial charge on any atom is -0.341 e. The maximum absolute atomic E-state index is 13.3. The third-order valence-corrected chi connectivity index (χ3v) is 7.76. The zero-order chi connectivity index (χ0) is 20.1. The van der Waals surface area contributed by atoms with Crippen molar-refractivity contribution in [3.05, 3.63) is 70.9 Å². The van der Waals surface area contributed by atoms with Crippen molar-refractivity contribution in [3.8, 4) is 0 Å². The van der Waals surface area contributed by atoms with Gasteiger partial charge in [0.15, 0.2) is 0 Å². The van der Waals surface area contributed by atoms with Crippen molar-refractivity contribution in [1.29, 1.82) is 0 Å². The number of hydrogen-bond acceptors (Lipinski definition) is 1. The molecule has 3 nitrogen and oxygen atoms in total. The van der Waals surface area contributed by atoms with Crippen LogP contribution in [-0.2, 0) is 13.0 Å². The first kappa shape index (κ1) is 18.2. The molecule has 154 valence electrons. The van der Waals surface area contributed by atoms with Gasteiger partial charge < -0.3 is 9.47 Å². The van der Waals surface area contributed by atoms with Gasteiger partial charge in [0, 0.05) is 35.2 Å². The van der Waals surface area contributed by atoms with Crippen LogP contribution in [0.1, 0.15) is 84.1 Å². The highest BCUT2D eigenvalue weighted by Gasteiger charge is 2.37. The van der Waals surface area contributed by atoms with Crippen LogP contribution in [-0.4, -0.2) is 21.9 Å². The van der Waals surface area contributed by atoms with Crippen LogP contribution in [0.4, 0.5) is 0 Å². The van der Waals surface area contributed by atoms with E-state index < -0.39 is 0 Å². The lowest BCUT2D eigenvalue weighted by Crippen LogP contribution is -2.43. The first-order valence-corrected chi connectivity index (χ1v) is 11.8. The Bertz CT molecular complexity index is 1090. The van der Waals surface area contributed by atoms with E-state index in [2.05, 4.69) is 27.7 Å². The fourth-order valence-corrected chi connectivity index (χ4v) is 6.30. The van der Waals surface area contributed by atoms with Crippen molar-refractivity contribution >= 4 is 16.8 Å². The first-order chi connectivity index (χ1) is 14.8. The lowest BCUT2D eigenvalue weighted by atomic mass is 9.83. The quantitative estimate of drug-likeness (QED) is 0.503. The number of aromatic nitrogens is 1. The van der Waals surface area contributed by atoms with Gasteiger partial charge in [-0.1, -0.05) is 43.5 Å². The second kappa shape index (κ2) is 7.30. The van der Waals surface area contributed by atoms with Crippen molar-refractivity contribution in [1.82, 2.24) is 9.47 Å². The Morgan fingerprint density at radius 1 is 0.867 bits per heavy atom. The number of hydrogen-bond donors (Lipinski definition) is 0. The number of carbonyl (C=O) groups is 1. The Kier molecular flexibility index (Phi) is 4.44. The van der Waals surface area contributed by atoms with Gasteiger partial charge in [-0.2, -0.15) is 0 Å². The summed E-state index contributed by atoms with van der Waals surface area (Å²) in [6.07, 6.45) is 10.2.